The quantitative estimate of drug-likeness (QED) is 0.882. The molecule has 2 rings (SSSR count). The third kappa shape index (κ3) is 4.73. The van der Waals surface area contributed by atoms with Gasteiger partial charge in [-0.3, -0.25) is 4.90 Å². The molecule has 0 amide bonds. The first-order chi connectivity index (χ1) is 10.2. The van der Waals surface area contributed by atoms with Gasteiger partial charge in [0.2, 0.25) is 0 Å². The summed E-state index contributed by atoms with van der Waals surface area (Å²) in [5.74, 6) is 5.92. The molecule has 3 nitrogen and oxygen atoms in total. The van der Waals surface area contributed by atoms with Gasteiger partial charge in [0.05, 0.1) is 23.1 Å². The van der Waals surface area contributed by atoms with E-state index in [0.717, 1.165) is 23.5 Å². The highest BCUT2D eigenvalue weighted by atomic mass is 32.1. The van der Waals surface area contributed by atoms with E-state index in [-0.39, 0.29) is 0 Å². The standard InChI is InChI=1S/C17H17N3S/c1-20(12-15-5-2-4-14(10-15)11-19)13-17-8-7-16(21-17)6-3-9-18/h2,4-5,7-8,10H,9,12-13,18H2,1H3. The molecule has 1 heterocycles. The summed E-state index contributed by atoms with van der Waals surface area (Å²) in [4.78, 5) is 4.55. The van der Waals surface area contributed by atoms with Gasteiger partial charge in [-0.05, 0) is 36.9 Å². The summed E-state index contributed by atoms with van der Waals surface area (Å²) >= 11 is 1.70. The second-order valence-corrected chi connectivity index (χ2v) is 5.92. The molecule has 2 N–H and O–H groups in total. The van der Waals surface area contributed by atoms with E-state index in [9.17, 15) is 0 Å². The minimum atomic E-state index is 0.391. The first-order valence-corrected chi connectivity index (χ1v) is 7.48. The van der Waals surface area contributed by atoms with Crippen molar-refractivity contribution in [2.45, 2.75) is 13.1 Å². The SMILES string of the molecule is CN(Cc1cccc(C#N)c1)Cc1ccc(C#CCN)s1. The number of hydrogen-bond acceptors (Lipinski definition) is 4. The second kappa shape index (κ2) is 7.61. The number of thiophene rings is 1. The minimum Gasteiger partial charge on any atom is -0.320 e. The lowest BCUT2D eigenvalue weighted by Gasteiger charge is -2.15. The van der Waals surface area contributed by atoms with Crippen LogP contribution in [0.4, 0.5) is 0 Å². The van der Waals surface area contributed by atoms with Crippen molar-refractivity contribution < 1.29 is 0 Å². The molecule has 0 atom stereocenters. The van der Waals surface area contributed by atoms with Crippen molar-refractivity contribution in [1.29, 1.82) is 5.26 Å². The molecule has 0 spiro atoms. The van der Waals surface area contributed by atoms with Crippen molar-refractivity contribution in [2.75, 3.05) is 13.6 Å². The van der Waals surface area contributed by atoms with Crippen LogP contribution >= 0.6 is 11.3 Å². The zero-order valence-electron chi connectivity index (χ0n) is 12.0. The van der Waals surface area contributed by atoms with Crippen LogP contribution in [-0.2, 0) is 13.1 Å². The molecule has 0 fully saturated rings. The Bertz CT molecular complexity index is 701. The Hall–Kier alpha value is -2.11. The topological polar surface area (TPSA) is 53.0 Å². The fourth-order valence-electron chi connectivity index (χ4n) is 2.04. The summed E-state index contributed by atoms with van der Waals surface area (Å²) in [5.41, 5.74) is 7.23. The molecular formula is C17H17N3S. The van der Waals surface area contributed by atoms with Crippen LogP contribution in [0.25, 0.3) is 0 Å². The zero-order chi connectivity index (χ0) is 15.1. The van der Waals surface area contributed by atoms with E-state index in [0.29, 0.717) is 12.1 Å². The van der Waals surface area contributed by atoms with Crippen LogP contribution in [-0.4, -0.2) is 18.5 Å². The molecular weight excluding hydrogens is 278 g/mol. The summed E-state index contributed by atoms with van der Waals surface area (Å²) < 4.78 is 0. The summed E-state index contributed by atoms with van der Waals surface area (Å²) in [5, 5.41) is 8.92. The molecule has 1 aromatic carbocycles. The Labute approximate surface area is 129 Å². The molecule has 0 bridgehead atoms. The molecule has 4 heteroatoms. The van der Waals surface area contributed by atoms with Gasteiger partial charge in [-0.2, -0.15) is 5.26 Å². The normalized spacial score (nSPS) is 10.0. The molecule has 106 valence electrons. The molecule has 0 saturated heterocycles. The van der Waals surface area contributed by atoms with Crippen molar-refractivity contribution in [1.82, 2.24) is 4.90 Å². The number of benzene rings is 1. The van der Waals surface area contributed by atoms with Gasteiger partial charge in [-0.15, -0.1) is 11.3 Å². The second-order valence-electron chi connectivity index (χ2n) is 4.76. The summed E-state index contributed by atoms with van der Waals surface area (Å²) in [6.07, 6.45) is 0. The fraction of sp³-hybridized carbons (Fsp3) is 0.235. The van der Waals surface area contributed by atoms with E-state index in [1.54, 1.807) is 11.3 Å². The summed E-state index contributed by atoms with van der Waals surface area (Å²) in [6, 6.07) is 14.0. The van der Waals surface area contributed by atoms with Gasteiger partial charge >= 0.3 is 0 Å². The van der Waals surface area contributed by atoms with Crippen LogP contribution in [0.5, 0.6) is 0 Å². The maximum Gasteiger partial charge on any atom is 0.0991 e. The Kier molecular flexibility index (Phi) is 5.54. The number of nitrogens with zero attached hydrogens (tertiary/aromatic N) is 2. The fourth-order valence-corrected chi connectivity index (χ4v) is 3.00. The lowest BCUT2D eigenvalue weighted by atomic mass is 10.1. The van der Waals surface area contributed by atoms with Crippen LogP contribution in [0.15, 0.2) is 36.4 Å². The van der Waals surface area contributed by atoms with Crippen molar-refractivity contribution in [3.63, 3.8) is 0 Å². The average Bonchev–Trinajstić information content (AvgIpc) is 2.92. The Balaban J connectivity index is 1.96. The molecule has 0 radical (unpaired) electrons. The maximum atomic E-state index is 8.92. The van der Waals surface area contributed by atoms with Crippen LogP contribution in [0.3, 0.4) is 0 Å². The summed E-state index contributed by atoms with van der Waals surface area (Å²) in [6.45, 7) is 2.07. The monoisotopic (exact) mass is 295 g/mol. The lowest BCUT2D eigenvalue weighted by Crippen LogP contribution is -2.16. The van der Waals surface area contributed by atoms with Crippen LogP contribution in [0.2, 0.25) is 0 Å². The highest BCUT2D eigenvalue weighted by Crippen LogP contribution is 2.18. The first kappa shape index (κ1) is 15.3. The van der Waals surface area contributed by atoms with Gasteiger partial charge in [0.1, 0.15) is 0 Å². The first-order valence-electron chi connectivity index (χ1n) is 6.66. The highest BCUT2D eigenvalue weighted by Gasteiger charge is 2.05. The van der Waals surface area contributed by atoms with Crippen molar-refractivity contribution in [3.05, 3.63) is 57.3 Å². The van der Waals surface area contributed by atoms with Crippen LogP contribution < -0.4 is 5.73 Å². The minimum absolute atomic E-state index is 0.391. The van der Waals surface area contributed by atoms with Crippen molar-refractivity contribution in [2.24, 2.45) is 5.73 Å². The van der Waals surface area contributed by atoms with Crippen LogP contribution in [0, 0.1) is 23.2 Å². The van der Waals surface area contributed by atoms with E-state index in [1.165, 1.54) is 4.88 Å². The van der Waals surface area contributed by atoms with Gasteiger partial charge in [0.15, 0.2) is 0 Å². The molecule has 1 aromatic heterocycles. The third-order valence-electron chi connectivity index (χ3n) is 2.91. The Morgan fingerprint density at radius 1 is 1.24 bits per heavy atom. The van der Waals surface area contributed by atoms with Crippen LogP contribution in [0.1, 0.15) is 20.9 Å². The molecule has 0 aliphatic rings. The predicted molar refractivity (Wildman–Crippen MR) is 86.6 cm³/mol. The smallest absolute Gasteiger partial charge is 0.0991 e. The highest BCUT2D eigenvalue weighted by molar-refractivity contribution is 7.12. The van der Waals surface area contributed by atoms with E-state index in [4.69, 9.17) is 11.0 Å². The average molecular weight is 295 g/mol. The molecule has 0 saturated carbocycles. The number of nitriles is 1. The summed E-state index contributed by atoms with van der Waals surface area (Å²) in [7, 11) is 2.07. The van der Waals surface area contributed by atoms with Gasteiger partial charge in [0, 0.05) is 18.0 Å². The number of rotatable bonds is 4. The number of nitrogens with two attached hydrogens (primary N) is 1. The largest absolute Gasteiger partial charge is 0.320 e. The van der Waals surface area contributed by atoms with E-state index < -0.39 is 0 Å². The maximum absolute atomic E-state index is 8.92. The van der Waals surface area contributed by atoms with E-state index >= 15 is 0 Å². The molecule has 0 unspecified atom stereocenters. The lowest BCUT2D eigenvalue weighted by molar-refractivity contribution is 0.322. The molecule has 2 aromatic rings. The van der Waals surface area contributed by atoms with Gasteiger partial charge in [0.25, 0.3) is 0 Å². The zero-order valence-corrected chi connectivity index (χ0v) is 12.8. The van der Waals surface area contributed by atoms with Gasteiger partial charge < -0.3 is 5.73 Å². The Morgan fingerprint density at radius 2 is 2.10 bits per heavy atom. The van der Waals surface area contributed by atoms with E-state index in [1.807, 2.05) is 30.3 Å². The van der Waals surface area contributed by atoms with Crippen molar-refractivity contribution >= 4 is 11.3 Å². The predicted octanol–water partition coefficient (Wildman–Crippen LogP) is 2.56. The van der Waals surface area contributed by atoms with Gasteiger partial charge in [-0.1, -0.05) is 24.0 Å². The Morgan fingerprint density at radius 3 is 2.86 bits per heavy atom. The number of hydrogen-bond donors (Lipinski definition) is 1. The third-order valence-corrected chi connectivity index (χ3v) is 3.90. The molecule has 21 heavy (non-hydrogen) atoms. The molecule has 0 aliphatic carbocycles. The van der Waals surface area contributed by atoms with E-state index in [2.05, 4.69) is 35.9 Å². The van der Waals surface area contributed by atoms with Gasteiger partial charge in [-0.25, -0.2) is 0 Å². The molecule has 0 aliphatic heterocycles. The van der Waals surface area contributed by atoms with Crippen molar-refractivity contribution in [3.8, 4) is 17.9 Å².